The molecule has 23 heavy (non-hydrogen) atoms. The Balaban J connectivity index is 1.84. The molecule has 0 bridgehead atoms. The van der Waals surface area contributed by atoms with Crippen LogP contribution in [0.4, 0.5) is 0 Å². The summed E-state index contributed by atoms with van der Waals surface area (Å²) in [6.07, 6.45) is 2.44. The summed E-state index contributed by atoms with van der Waals surface area (Å²) in [6, 6.07) is 13.6. The first-order valence-corrected chi connectivity index (χ1v) is 8.17. The number of halogens is 1. The van der Waals surface area contributed by atoms with Crippen LogP contribution in [0.2, 0.25) is 0 Å². The van der Waals surface area contributed by atoms with Gasteiger partial charge in [-0.3, -0.25) is 4.79 Å². The number of hydrogen-bond acceptors (Lipinski definition) is 3. The van der Waals surface area contributed by atoms with Crippen LogP contribution in [-0.4, -0.2) is 18.7 Å². The number of hydrogen-bond donors (Lipinski definition) is 1. The van der Waals surface area contributed by atoms with Crippen LogP contribution in [0.15, 0.2) is 52.0 Å². The summed E-state index contributed by atoms with van der Waals surface area (Å²) in [5, 5.41) is 3.93. The Kier molecular flexibility index (Phi) is 6.35. The van der Waals surface area contributed by atoms with Gasteiger partial charge in [0.1, 0.15) is 5.75 Å². The Morgan fingerprint density at radius 3 is 2.70 bits per heavy atom. The lowest BCUT2D eigenvalue weighted by molar-refractivity contribution is -0.123. The fourth-order valence-corrected chi connectivity index (χ4v) is 2.38. The van der Waals surface area contributed by atoms with E-state index in [4.69, 9.17) is 4.74 Å². The number of benzene rings is 2. The second-order valence-corrected chi connectivity index (χ2v) is 6.01. The van der Waals surface area contributed by atoms with Crippen LogP contribution in [0.25, 0.3) is 0 Å². The van der Waals surface area contributed by atoms with Gasteiger partial charge in [-0.05, 0) is 42.7 Å². The summed E-state index contributed by atoms with van der Waals surface area (Å²) in [6.45, 7) is 3.99. The highest BCUT2D eigenvalue weighted by molar-refractivity contribution is 9.10. The second kappa shape index (κ2) is 8.48. The van der Waals surface area contributed by atoms with E-state index in [-0.39, 0.29) is 12.5 Å². The summed E-state index contributed by atoms with van der Waals surface area (Å²) >= 11 is 3.42. The number of nitrogens with one attached hydrogen (secondary N) is 1. The van der Waals surface area contributed by atoms with E-state index in [1.165, 1.54) is 5.56 Å². The Morgan fingerprint density at radius 2 is 2.00 bits per heavy atom. The van der Waals surface area contributed by atoms with Gasteiger partial charge in [-0.25, -0.2) is 5.43 Å². The van der Waals surface area contributed by atoms with Gasteiger partial charge in [0.05, 0.1) is 6.21 Å². The Labute approximate surface area is 144 Å². The maximum atomic E-state index is 11.8. The molecule has 2 aromatic carbocycles. The van der Waals surface area contributed by atoms with Crippen molar-refractivity contribution in [1.29, 1.82) is 0 Å². The van der Waals surface area contributed by atoms with Crippen molar-refractivity contribution in [2.24, 2.45) is 5.10 Å². The molecule has 0 aliphatic rings. The predicted molar refractivity (Wildman–Crippen MR) is 95.9 cm³/mol. The minimum Gasteiger partial charge on any atom is -0.483 e. The first kappa shape index (κ1) is 17.2. The number of rotatable bonds is 6. The van der Waals surface area contributed by atoms with Crippen LogP contribution in [-0.2, 0) is 11.2 Å². The number of amides is 1. The minimum atomic E-state index is -0.293. The van der Waals surface area contributed by atoms with Gasteiger partial charge < -0.3 is 4.74 Å². The highest BCUT2D eigenvalue weighted by Crippen LogP contribution is 2.23. The molecule has 0 heterocycles. The molecular weight excluding hydrogens is 356 g/mol. The lowest BCUT2D eigenvalue weighted by Crippen LogP contribution is -2.24. The van der Waals surface area contributed by atoms with Crippen molar-refractivity contribution < 1.29 is 9.53 Å². The Morgan fingerprint density at radius 1 is 1.26 bits per heavy atom. The van der Waals surface area contributed by atoms with Crippen molar-refractivity contribution >= 4 is 28.1 Å². The molecular formula is C18H19BrN2O2. The third-order valence-electron chi connectivity index (χ3n) is 3.24. The summed E-state index contributed by atoms with van der Waals surface area (Å²) < 4.78 is 6.55. The van der Waals surface area contributed by atoms with E-state index in [1.54, 1.807) is 6.21 Å². The zero-order valence-corrected chi connectivity index (χ0v) is 14.8. The molecule has 0 atom stereocenters. The SMILES string of the molecule is CCc1cc(Br)ccc1OCC(=O)N/N=C/c1ccc(C)cc1. The molecule has 0 unspecified atom stereocenters. The van der Waals surface area contributed by atoms with E-state index in [0.29, 0.717) is 5.75 Å². The lowest BCUT2D eigenvalue weighted by Gasteiger charge is -2.09. The largest absolute Gasteiger partial charge is 0.483 e. The van der Waals surface area contributed by atoms with E-state index in [2.05, 4.69) is 26.5 Å². The summed E-state index contributed by atoms with van der Waals surface area (Å²) in [5.74, 6) is 0.423. The fraction of sp³-hybridized carbons (Fsp3) is 0.222. The molecule has 0 saturated carbocycles. The number of hydrazone groups is 1. The van der Waals surface area contributed by atoms with Crippen molar-refractivity contribution in [3.8, 4) is 5.75 Å². The van der Waals surface area contributed by atoms with Gasteiger partial charge in [-0.1, -0.05) is 52.7 Å². The third-order valence-corrected chi connectivity index (χ3v) is 3.74. The quantitative estimate of drug-likeness (QED) is 0.616. The molecule has 2 aromatic rings. The maximum absolute atomic E-state index is 11.8. The molecule has 0 radical (unpaired) electrons. The molecule has 2 rings (SSSR count). The predicted octanol–water partition coefficient (Wildman–Crippen LogP) is 3.85. The van der Waals surface area contributed by atoms with Crippen molar-refractivity contribution in [3.63, 3.8) is 0 Å². The monoisotopic (exact) mass is 374 g/mol. The molecule has 4 nitrogen and oxygen atoms in total. The van der Waals surface area contributed by atoms with Crippen LogP contribution in [0.3, 0.4) is 0 Å². The third kappa shape index (κ3) is 5.53. The van der Waals surface area contributed by atoms with Gasteiger partial charge >= 0.3 is 0 Å². The van der Waals surface area contributed by atoms with Crippen LogP contribution in [0, 0.1) is 6.92 Å². The molecule has 0 spiro atoms. The smallest absolute Gasteiger partial charge is 0.277 e. The van der Waals surface area contributed by atoms with Gasteiger partial charge in [0.25, 0.3) is 5.91 Å². The number of nitrogens with zero attached hydrogens (tertiary/aromatic N) is 1. The van der Waals surface area contributed by atoms with Gasteiger partial charge in [0.15, 0.2) is 6.61 Å². The number of aryl methyl sites for hydroxylation is 2. The standard InChI is InChI=1S/C18H19BrN2O2/c1-3-15-10-16(19)8-9-17(15)23-12-18(22)21-20-11-14-6-4-13(2)5-7-14/h4-11H,3,12H2,1-2H3,(H,21,22)/b20-11+. The topological polar surface area (TPSA) is 50.7 Å². The highest BCUT2D eigenvalue weighted by Gasteiger charge is 2.06. The summed E-state index contributed by atoms with van der Waals surface area (Å²) in [4.78, 5) is 11.8. The van der Waals surface area contributed by atoms with Gasteiger partial charge in [0.2, 0.25) is 0 Å². The fourth-order valence-electron chi connectivity index (χ4n) is 1.97. The van der Waals surface area contributed by atoms with E-state index >= 15 is 0 Å². The van der Waals surface area contributed by atoms with Crippen molar-refractivity contribution in [2.75, 3.05) is 6.61 Å². The molecule has 120 valence electrons. The molecule has 0 aliphatic heterocycles. The number of ether oxygens (including phenoxy) is 1. The number of carbonyl (C=O) groups excluding carboxylic acids is 1. The van der Waals surface area contributed by atoms with Crippen LogP contribution >= 0.6 is 15.9 Å². The summed E-state index contributed by atoms with van der Waals surface area (Å²) in [7, 11) is 0. The molecule has 1 amide bonds. The average Bonchev–Trinajstić information content (AvgIpc) is 2.55. The maximum Gasteiger partial charge on any atom is 0.277 e. The van der Waals surface area contributed by atoms with Crippen LogP contribution in [0.5, 0.6) is 5.75 Å². The van der Waals surface area contributed by atoms with E-state index < -0.39 is 0 Å². The average molecular weight is 375 g/mol. The van der Waals surface area contributed by atoms with E-state index in [1.807, 2.05) is 56.3 Å². The zero-order valence-electron chi connectivity index (χ0n) is 13.2. The molecule has 0 saturated heterocycles. The van der Waals surface area contributed by atoms with Crippen LogP contribution < -0.4 is 10.2 Å². The molecule has 1 N–H and O–H groups in total. The Bertz CT molecular complexity index is 697. The van der Waals surface area contributed by atoms with Crippen molar-refractivity contribution in [2.45, 2.75) is 20.3 Å². The first-order chi connectivity index (χ1) is 11.1. The molecule has 0 aliphatic carbocycles. The molecule has 0 fully saturated rings. The van der Waals surface area contributed by atoms with Crippen molar-refractivity contribution in [1.82, 2.24) is 5.43 Å². The summed E-state index contributed by atoms with van der Waals surface area (Å²) in [5.41, 5.74) is 5.62. The van der Waals surface area contributed by atoms with Gasteiger partial charge in [-0.15, -0.1) is 0 Å². The zero-order chi connectivity index (χ0) is 16.7. The van der Waals surface area contributed by atoms with Gasteiger partial charge in [-0.2, -0.15) is 5.10 Å². The first-order valence-electron chi connectivity index (χ1n) is 7.38. The second-order valence-electron chi connectivity index (χ2n) is 5.10. The Hall–Kier alpha value is -2.14. The van der Waals surface area contributed by atoms with Crippen LogP contribution in [0.1, 0.15) is 23.6 Å². The van der Waals surface area contributed by atoms with E-state index in [9.17, 15) is 4.79 Å². The number of carbonyl (C=O) groups is 1. The minimum absolute atomic E-state index is 0.0696. The van der Waals surface area contributed by atoms with Gasteiger partial charge in [0, 0.05) is 4.47 Å². The van der Waals surface area contributed by atoms with Crippen molar-refractivity contribution in [3.05, 3.63) is 63.6 Å². The molecule has 5 heteroatoms. The van der Waals surface area contributed by atoms with E-state index in [0.717, 1.165) is 22.0 Å². The highest BCUT2D eigenvalue weighted by atomic mass is 79.9. The molecule has 0 aromatic heterocycles. The lowest BCUT2D eigenvalue weighted by atomic mass is 10.1. The normalized spacial score (nSPS) is 10.7.